The number of pyridine rings is 1. The van der Waals surface area contributed by atoms with E-state index in [4.69, 9.17) is 10.5 Å². The maximum atomic E-state index is 12.0. The molecule has 1 aromatic carbocycles. The minimum atomic E-state index is -3.62. The van der Waals surface area contributed by atoms with Crippen LogP contribution in [0.4, 0.5) is 5.69 Å². The Morgan fingerprint density at radius 3 is 2.55 bits per heavy atom. The second-order valence-corrected chi connectivity index (χ2v) is 5.89. The molecule has 1 heterocycles. The van der Waals surface area contributed by atoms with Crippen molar-refractivity contribution in [1.29, 1.82) is 0 Å². The normalized spacial score (nSPS) is 11.2. The highest BCUT2D eigenvalue weighted by Crippen LogP contribution is 2.13. The molecule has 6 nitrogen and oxygen atoms in total. The van der Waals surface area contributed by atoms with Crippen LogP contribution in [-0.4, -0.2) is 20.5 Å². The fraction of sp³-hybridized carbons (Fsp3) is 0.154. The summed E-state index contributed by atoms with van der Waals surface area (Å²) >= 11 is 0. The minimum Gasteiger partial charge on any atom is -0.497 e. The number of ether oxygens (including phenoxy) is 1. The number of hydrogen-bond acceptors (Lipinski definition) is 5. The van der Waals surface area contributed by atoms with E-state index >= 15 is 0 Å². The molecule has 20 heavy (non-hydrogen) atoms. The second kappa shape index (κ2) is 5.89. The standard InChI is InChI=1S/C13H15N3O3S/c1-19-12-4-2-10(3-5-12)7-16-20(17,18)13-6-11(14)8-15-9-13/h2-6,8-9,16H,7,14H2,1H3. The van der Waals surface area contributed by atoms with E-state index in [0.29, 0.717) is 5.69 Å². The van der Waals surface area contributed by atoms with Crippen LogP contribution in [-0.2, 0) is 16.6 Å². The largest absolute Gasteiger partial charge is 0.497 e. The van der Waals surface area contributed by atoms with Gasteiger partial charge in [-0.15, -0.1) is 0 Å². The number of hydrogen-bond donors (Lipinski definition) is 2. The van der Waals surface area contributed by atoms with E-state index in [0.717, 1.165) is 11.3 Å². The van der Waals surface area contributed by atoms with E-state index in [-0.39, 0.29) is 11.4 Å². The van der Waals surface area contributed by atoms with Crippen molar-refractivity contribution in [2.45, 2.75) is 11.4 Å². The van der Waals surface area contributed by atoms with Crippen LogP contribution in [0.1, 0.15) is 5.56 Å². The molecule has 0 saturated carbocycles. The molecule has 0 amide bonds. The van der Waals surface area contributed by atoms with Gasteiger partial charge in [0.05, 0.1) is 12.8 Å². The third-order valence-corrected chi connectivity index (χ3v) is 4.04. The highest BCUT2D eigenvalue weighted by atomic mass is 32.2. The average molecular weight is 293 g/mol. The molecule has 0 saturated heterocycles. The molecule has 1 aromatic heterocycles. The maximum Gasteiger partial charge on any atom is 0.242 e. The summed E-state index contributed by atoms with van der Waals surface area (Å²) in [5.74, 6) is 0.719. The Balaban J connectivity index is 2.09. The van der Waals surface area contributed by atoms with Crippen molar-refractivity contribution in [2.24, 2.45) is 0 Å². The van der Waals surface area contributed by atoms with Crippen molar-refractivity contribution in [3.8, 4) is 5.75 Å². The maximum absolute atomic E-state index is 12.0. The number of methoxy groups -OCH3 is 1. The van der Waals surface area contributed by atoms with Crippen LogP contribution < -0.4 is 15.2 Å². The molecule has 0 bridgehead atoms. The SMILES string of the molecule is COc1ccc(CNS(=O)(=O)c2cncc(N)c2)cc1. The van der Waals surface area contributed by atoms with E-state index in [2.05, 4.69) is 9.71 Å². The van der Waals surface area contributed by atoms with E-state index in [1.54, 1.807) is 31.4 Å². The molecule has 0 radical (unpaired) electrons. The van der Waals surface area contributed by atoms with E-state index in [1.165, 1.54) is 18.5 Å². The molecule has 2 rings (SSSR count). The van der Waals surface area contributed by atoms with Crippen LogP contribution in [0, 0.1) is 0 Å². The lowest BCUT2D eigenvalue weighted by Crippen LogP contribution is -2.23. The van der Waals surface area contributed by atoms with Crippen LogP contribution in [0.5, 0.6) is 5.75 Å². The Morgan fingerprint density at radius 1 is 1.25 bits per heavy atom. The molecule has 0 aliphatic rings. The predicted octanol–water partition coefficient (Wildman–Crippen LogP) is 1.15. The molecular weight excluding hydrogens is 278 g/mol. The van der Waals surface area contributed by atoms with Crippen molar-refractivity contribution in [1.82, 2.24) is 9.71 Å². The quantitative estimate of drug-likeness (QED) is 0.862. The van der Waals surface area contributed by atoms with Gasteiger partial charge >= 0.3 is 0 Å². The first-order valence-electron chi connectivity index (χ1n) is 5.84. The summed E-state index contributed by atoms with van der Waals surface area (Å²) in [5.41, 5.74) is 6.65. The third kappa shape index (κ3) is 3.46. The van der Waals surface area contributed by atoms with Crippen LogP contribution in [0.2, 0.25) is 0 Å². The molecule has 0 fully saturated rings. The summed E-state index contributed by atoms with van der Waals surface area (Å²) in [5, 5.41) is 0. The van der Waals surface area contributed by atoms with E-state index < -0.39 is 10.0 Å². The van der Waals surface area contributed by atoms with Gasteiger partial charge in [-0.2, -0.15) is 0 Å². The fourth-order valence-electron chi connectivity index (χ4n) is 1.59. The first-order chi connectivity index (χ1) is 9.51. The second-order valence-electron chi connectivity index (χ2n) is 4.13. The van der Waals surface area contributed by atoms with Gasteiger partial charge in [-0.3, -0.25) is 4.98 Å². The number of nitrogens with zero attached hydrogens (tertiary/aromatic N) is 1. The lowest BCUT2D eigenvalue weighted by Gasteiger charge is -2.07. The van der Waals surface area contributed by atoms with Crippen LogP contribution >= 0.6 is 0 Å². The monoisotopic (exact) mass is 293 g/mol. The smallest absolute Gasteiger partial charge is 0.242 e. The zero-order chi connectivity index (χ0) is 14.6. The number of nitrogens with one attached hydrogen (secondary N) is 1. The fourth-order valence-corrected chi connectivity index (χ4v) is 2.60. The van der Waals surface area contributed by atoms with Gasteiger partial charge in [-0.25, -0.2) is 13.1 Å². The molecule has 0 unspecified atom stereocenters. The Kier molecular flexibility index (Phi) is 4.21. The number of rotatable bonds is 5. The topological polar surface area (TPSA) is 94.3 Å². The minimum absolute atomic E-state index is 0.0472. The number of benzene rings is 1. The van der Waals surface area contributed by atoms with Gasteiger partial charge in [-0.05, 0) is 23.8 Å². The van der Waals surface area contributed by atoms with Gasteiger partial charge in [0, 0.05) is 18.9 Å². The van der Waals surface area contributed by atoms with Gasteiger partial charge in [0.15, 0.2) is 0 Å². The molecule has 0 atom stereocenters. The van der Waals surface area contributed by atoms with E-state index in [1.807, 2.05) is 0 Å². The molecule has 2 aromatic rings. The van der Waals surface area contributed by atoms with Gasteiger partial charge in [0.25, 0.3) is 0 Å². The van der Waals surface area contributed by atoms with Crippen LogP contribution in [0.25, 0.3) is 0 Å². The van der Waals surface area contributed by atoms with Crippen LogP contribution in [0.3, 0.4) is 0 Å². The molecule has 0 aliphatic carbocycles. The summed E-state index contributed by atoms with van der Waals surface area (Å²) in [6.45, 7) is 0.182. The van der Waals surface area contributed by atoms with Gasteiger partial charge in [0.1, 0.15) is 10.6 Å². The summed E-state index contributed by atoms with van der Waals surface area (Å²) in [6.07, 6.45) is 2.65. The van der Waals surface area contributed by atoms with Gasteiger partial charge in [0.2, 0.25) is 10.0 Å². The summed E-state index contributed by atoms with van der Waals surface area (Å²) in [6, 6.07) is 8.48. The number of nitrogen functional groups attached to an aromatic ring is 1. The van der Waals surface area contributed by atoms with E-state index in [9.17, 15) is 8.42 Å². The zero-order valence-corrected chi connectivity index (χ0v) is 11.7. The summed E-state index contributed by atoms with van der Waals surface area (Å²) in [4.78, 5) is 3.81. The molecule has 0 spiro atoms. The lowest BCUT2D eigenvalue weighted by atomic mass is 10.2. The molecule has 7 heteroatoms. The zero-order valence-electron chi connectivity index (χ0n) is 10.9. The highest BCUT2D eigenvalue weighted by molar-refractivity contribution is 7.89. The molecule has 3 N–H and O–H groups in total. The Bertz CT molecular complexity index is 684. The number of sulfonamides is 1. The lowest BCUT2D eigenvalue weighted by molar-refractivity contribution is 0.414. The average Bonchev–Trinajstić information content (AvgIpc) is 2.46. The van der Waals surface area contributed by atoms with Crippen LogP contribution in [0.15, 0.2) is 47.6 Å². The number of aromatic nitrogens is 1. The predicted molar refractivity (Wildman–Crippen MR) is 75.7 cm³/mol. The molecule has 106 valence electrons. The first kappa shape index (κ1) is 14.3. The Labute approximate surface area is 117 Å². The first-order valence-corrected chi connectivity index (χ1v) is 7.33. The summed E-state index contributed by atoms with van der Waals surface area (Å²) in [7, 11) is -2.05. The highest BCUT2D eigenvalue weighted by Gasteiger charge is 2.14. The molecule has 0 aliphatic heterocycles. The van der Waals surface area contributed by atoms with Crippen molar-refractivity contribution in [2.75, 3.05) is 12.8 Å². The van der Waals surface area contributed by atoms with Crippen molar-refractivity contribution < 1.29 is 13.2 Å². The van der Waals surface area contributed by atoms with Gasteiger partial charge in [-0.1, -0.05) is 12.1 Å². The Morgan fingerprint density at radius 2 is 1.95 bits per heavy atom. The van der Waals surface area contributed by atoms with Crippen molar-refractivity contribution in [3.63, 3.8) is 0 Å². The van der Waals surface area contributed by atoms with Crippen molar-refractivity contribution in [3.05, 3.63) is 48.3 Å². The van der Waals surface area contributed by atoms with Crippen molar-refractivity contribution >= 4 is 15.7 Å². The number of anilines is 1. The summed E-state index contributed by atoms with van der Waals surface area (Å²) < 4.78 is 31.6. The third-order valence-electron chi connectivity index (χ3n) is 2.67. The molecular formula is C13H15N3O3S. The Hall–Kier alpha value is -2.12. The van der Waals surface area contributed by atoms with Gasteiger partial charge < -0.3 is 10.5 Å². The number of nitrogens with two attached hydrogens (primary N) is 1.